The first-order valence-corrected chi connectivity index (χ1v) is 6.64. The van der Waals surface area contributed by atoms with Gasteiger partial charge in [0.2, 0.25) is 0 Å². The summed E-state index contributed by atoms with van der Waals surface area (Å²) in [6, 6.07) is 15.2. The molecule has 0 fully saturated rings. The van der Waals surface area contributed by atoms with Gasteiger partial charge in [0.15, 0.2) is 0 Å². The number of benzene rings is 2. The van der Waals surface area contributed by atoms with Crippen LogP contribution in [-0.4, -0.2) is 5.33 Å². The van der Waals surface area contributed by atoms with E-state index < -0.39 is 0 Å². The molecule has 1 heteroatoms. The van der Waals surface area contributed by atoms with Gasteiger partial charge in [0.1, 0.15) is 0 Å². The van der Waals surface area contributed by atoms with Gasteiger partial charge in [0, 0.05) is 11.8 Å². The van der Waals surface area contributed by atoms with Crippen molar-refractivity contribution in [3.63, 3.8) is 0 Å². The smallest absolute Gasteiger partial charge is 0.0214 e. The summed E-state index contributed by atoms with van der Waals surface area (Å²) in [6.45, 7) is 0. The average Bonchev–Trinajstić information content (AvgIpc) is 2.69. The Balaban J connectivity index is 2.16. The highest BCUT2D eigenvalue weighted by atomic mass is 79.9. The summed E-state index contributed by atoms with van der Waals surface area (Å²) in [5, 5.41) is 1.02. The zero-order valence-electron chi connectivity index (χ0n) is 8.91. The number of fused-ring (bicyclic) bond motifs is 3. The molecule has 0 heterocycles. The van der Waals surface area contributed by atoms with Crippen LogP contribution in [0.25, 0.3) is 11.1 Å². The van der Waals surface area contributed by atoms with Gasteiger partial charge in [-0.1, -0.05) is 58.4 Å². The number of rotatable bonds is 2. The molecule has 16 heavy (non-hydrogen) atoms. The first-order valence-electron chi connectivity index (χ1n) is 5.52. The molecule has 0 spiro atoms. The molecule has 0 bridgehead atoms. The molecule has 2 aromatic rings. The molecule has 79 valence electrons. The van der Waals surface area contributed by atoms with E-state index in [9.17, 15) is 0 Å². The van der Waals surface area contributed by atoms with Crippen LogP contribution in [0.2, 0.25) is 0 Å². The van der Waals surface area contributed by atoms with Crippen LogP contribution in [0.1, 0.15) is 16.7 Å². The Morgan fingerprint density at radius 1 is 0.875 bits per heavy atom. The van der Waals surface area contributed by atoms with Gasteiger partial charge in [0.25, 0.3) is 0 Å². The molecule has 1 radical (unpaired) electrons. The molecule has 0 amide bonds. The second kappa shape index (κ2) is 4.06. The van der Waals surface area contributed by atoms with E-state index in [1.807, 2.05) is 0 Å². The highest BCUT2D eigenvalue weighted by molar-refractivity contribution is 9.09. The van der Waals surface area contributed by atoms with E-state index in [1.165, 1.54) is 27.8 Å². The van der Waals surface area contributed by atoms with Crippen LogP contribution in [0.5, 0.6) is 0 Å². The lowest BCUT2D eigenvalue weighted by atomic mass is 10.00. The maximum absolute atomic E-state index is 3.52. The summed E-state index contributed by atoms with van der Waals surface area (Å²) in [5.74, 6) is 0. The largest absolute Gasteiger partial charge is 0.0924 e. The molecule has 0 aromatic heterocycles. The Morgan fingerprint density at radius 3 is 2.56 bits per heavy atom. The molecule has 0 N–H and O–H groups in total. The summed E-state index contributed by atoms with van der Waals surface area (Å²) >= 11 is 3.52. The van der Waals surface area contributed by atoms with Crippen molar-refractivity contribution in [1.29, 1.82) is 0 Å². The number of halogens is 1. The van der Waals surface area contributed by atoms with Crippen LogP contribution in [0, 0.1) is 6.42 Å². The molecule has 3 rings (SSSR count). The first-order chi connectivity index (χ1) is 7.90. The second-order valence-electron chi connectivity index (χ2n) is 4.05. The number of alkyl halides is 1. The van der Waals surface area contributed by atoms with Crippen molar-refractivity contribution in [3.05, 3.63) is 65.6 Å². The Labute approximate surface area is 104 Å². The summed E-state index contributed by atoms with van der Waals surface area (Å²) in [4.78, 5) is 0. The van der Waals surface area contributed by atoms with Crippen LogP contribution < -0.4 is 0 Å². The fraction of sp³-hybridized carbons (Fsp3) is 0.133. The van der Waals surface area contributed by atoms with Crippen molar-refractivity contribution < 1.29 is 0 Å². The van der Waals surface area contributed by atoms with Crippen LogP contribution in [0.4, 0.5) is 0 Å². The van der Waals surface area contributed by atoms with E-state index in [1.54, 1.807) is 0 Å². The number of aryl methyl sites for hydroxylation is 1. The lowest BCUT2D eigenvalue weighted by molar-refractivity contribution is 1.15. The molecule has 0 saturated carbocycles. The van der Waals surface area contributed by atoms with Gasteiger partial charge in [-0.3, -0.25) is 0 Å². The first kappa shape index (κ1) is 10.1. The van der Waals surface area contributed by atoms with Gasteiger partial charge in [-0.05, 0) is 34.2 Å². The quantitative estimate of drug-likeness (QED) is 0.613. The predicted octanol–water partition coefficient (Wildman–Crippen LogP) is 4.21. The fourth-order valence-corrected chi connectivity index (χ4v) is 2.79. The van der Waals surface area contributed by atoms with E-state index in [0.29, 0.717) is 0 Å². The molecule has 1 aliphatic carbocycles. The SMILES string of the molecule is BrCCc1cccc2c1[CH]c1ccccc1-2. The van der Waals surface area contributed by atoms with Crippen molar-refractivity contribution >= 4 is 15.9 Å². The molecule has 0 atom stereocenters. The average molecular weight is 272 g/mol. The highest BCUT2D eigenvalue weighted by Gasteiger charge is 2.19. The molecular formula is C15H12Br. The Hall–Kier alpha value is -1.08. The van der Waals surface area contributed by atoms with E-state index >= 15 is 0 Å². The Kier molecular flexibility index (Phi) is 2.56. The molecule has 0 aliphatic heterocycles. The predicted molar refractivity (Wildman–Crippen MR) is 71.9 cm³/mol. The lowest BCUT2D eigenvalue weighted by Gasteiger charge is -2.06. The zero-order valence-corrected chi connectivity index (χ0v) is 10.5. The van der Waals surface area contributed by atoms with Crippen LogP contribution in [0.15, 0.2) is 42.5 Å². The van der Waals surface area contributed by atoms with Gasteiger partial charge in [-0.25, -0.2) is 0 Å². The van der Waals surface area contributed by atoms with E-state index in [2.05, 4.69) is 64.8 Å². The molecular weight excluding hydrogens is 260 g/mol. The van der Waals surface area contributed by atoms with Gasteiger partial charge in [0.05, 0.1) is 0 Å². The van der Waals surface area contributed by atoms with Crippen molar-refractivity contribution in [1.82, 2.24) is 0 Å². The third kappa shape index (κ3) is 1.51. The molecule has 2 aromatic carbocycles. The molecule has 0 nitrogen and oxygen atoms in total. The summed E-state index contributed by atoms with van der Waals surface area (Å²) in [7, 11) is 0. The Morgan fingerprint density at radius 2 is 1.69 bits per heavy atom. The third-order valence-electron chi connectivity index (χ3n) is 3.11. The van der Waals surface area contributed by atoms with E-state index in [0.717, 1.165) is 11.8 Å². The number of hydrogen-bond donors (Lipinski definition) is 0. The van der Waals surface area contributed by atoms with Crippen LogP contribution in [0.3, 0.4) is 0 Å². The third-order valence-corrected chi connectivity index (χ3v) is 3.51. The number of hydrogen-bond acceptors (Lipinski definition) is 0. The van der Waals surface area contributed by atoms with Gasteiger partial charge in [-0.2, -0.15) is 0 Å². The summed E-state index contributed by atoms with van der Waals surface area (Å²) in [6.07, 6.45) is 3.40. The Bertz CT molecular complexity index is 529. The summed E-state index contributed by atoms with van der Waals surface area (Å²) in [5.41, 5.74) is 6.94. The minimum absolute atomic E-state index is 1.02. The van der Waals surface area contributed by atoms with Gasteiger partial charge >= 0.3 is 0 Å². The molecule has 1 aliphatic rings. The standard InChI is InChI=1S/C15H12Br/c16-9-8-11-5-3-7-14-13-6-2-1-4-12(13)10-15(11)14/h1-7,10H,8-9H2. The molecule has 0 unspecified atom stereocenters. The minimum Gasteiger partial charge on any atom is -0.0924 e. The highest BCUT2D eigenvalue weighted by Crippen LogP contribution is 2.39. The summed E-state index contributed by atoms with van der Waals surface area (Å²) < 4.78 is 0. The van der Waals surface area contributed by atoms with Crippen molar-refractivity contribution in [2.24, 2.45) is 0 Å². The lowest BCUT2D eigenvalue weighted by Crippen LogP contribution is -1.92. The van der Waals surface area contributed by atoms with Gasteiger partial charge < -0.3 is 0 Å². The van der Waals surface area contributed by atoms with Crippen molar-refractivity contribution in [2.45, 2.75) is 6.42 Å². The maximum atomic E-state index is 3.52. The van der Waals surface area contributed by atoms with Crippen molar-refractivity contribution in [2.75, 3.05) is 5.33 Å². The monoisotopic (exact) mass is 271 g/mol. The fourth-order valence-electron chi connectivity index (χ4n) is 2.36. The van der Waals surface area contributed by atoms with Crippen LogP contribution in [-0.2, 0) is 6.42 Å². The second-order valence-corrected chi connectivity index (χ2v) is 4.84. The van der Waals surface area contributed by atoms with Crippen LogP contribution >= 0.6 is 15.9 Å². The molecule has 0 saturated heterocycles. The normalized spacial score (nSPS) is 12.3. The maximum Gasteiger partial charge on any atom is 0.0214 e. The van der Waals surface area contributed by atoms with Crippen molar-refractivity contribution in [3.8, 4) is 11.1 Å². The zero-order chi connectivity index (χ0) is 11.0. The van der Waals surface area contributed by atoms with Gasteiger partial charge in [-0.15, -0.1) is 0 Å². The van der Waals surface area contributed by atoms with E-state index in [-0.39, 0.29) is 0 Å². The minimum atomic E-state index is 1.02. The topological polar surface area (TPSA) is 0 Å². The van der Waals surface area contributed by atoms with E-state index in [4.69, 9.17) is 0 Å².